The molecular formula is C57H90B7Cl18F7N2O38P6S2. The van der Waals surface area contributed by atoms with Crippen LogP contribution in [0.2, 0.25) is 0 Å². The summed E-state index contributed by atoms with van der Waals surface area (Å²) in [6, 6.07) is -4.63. The molecular weight excluding hydrogens is 2420 g/mol. The molecule has 7 fully saturated rings. The molecule has 0 aromatic carbocycles. The van der Waals surface area contributed by atoms with Crippen molar-refractivity contribution >= 4 is 351 Å². The van der Waals surface area contributed by atoms with Gasteiger partial charge in [-0.3, -0.25) is 27.1 Å². The predicted octanol–water partition coefficient (Wildman–Crippen LogP) is 14.3. The third-order valence-corrected chi connectivity index (χ3v) is 27.1. The van der Waals surface area contributed by atoms with Gasteiger partial charge in [0, 0.05) is 69.2 Å². The van der Waals surface area contributed by atoms with Crippen molar-refractivity contribution in [3.63, 3.8) is 0 Å². The van der Waals surface area contributed by atoms with Gasteiger partial charge in [-0.05, 0) is 80.8 Å². The highest BCUT2D eigenvalue weighted by atomic mass is 35.6. The van der Waals surface area contributed by atoms with Gasteiger partial charge in [-0.2, -0.15) is 35.6 Å². The van der Waals surface area contributed by atoms with E-state index in [4.69, 9.17) is 372 Å². The summed E-state index contributed by atoms with van der Waals surface area (Å²) in [6.07, 6.45) is -18.8. The molecule has 23 atom stereocenters. The second kappa shape index (κ2) is 63.0. The van der Waals surface area contributed by atoms with Crippen LogP contribution in [0.4, 0.5) is 29.2 Å². The van der Waals surface area contributed by atoms with Crippen LogP contribution < -0.4 is 0 Å². The number of rotatable bonds is 32. The van der Waals surface area contributed by atoms with E-state index < -0.39 is 242 Å². The van der Waals surface area contributed by atoms with Crippen LogP contribution in [0, 0.1) is 23.7 Å². The maximum atomic E-state index is 14.2. The van der Waals surface area contributed by atoms with Gasteiger partial charge in [-0.15, -0.1) is 11.7 Å². The number of hydrogen-bond donors (Lipinski definition) is 11. The first kappa shape index (κ1) is 144. The number of alkyl halides is 22. The van der Waals surface area contributed by atoms with Crippen LogP contribution in [-0.4, -0.2) is 355 Å². The highest BCUT2D eigenvalue weighted by molar-refractivity contribution is 8.18. The number of halogens is 25. The maximum absolute atomic E-state index is 14.2. The molecule has 0 aliphatic carbocycles. The normalized spacial score (nSPS) is 28.9. The number of nitrogens with zero attached hydrogens (tertiary/aromatic N) is 2. The van der Waals surface area contributed by atoms with E-state index in [0.717, 1.165) is 11.5 Å². The van der Waals surface area contributed by atoms with Crippen molar-refractivity contribution < 1.29 is 209 Å². The lowest BCUT2D eigenvalue weighted by Crippen LogP contribution is -2.42. The molecule has 40 nitrogen and oxygen atoms in total. The first-order valence-electron chi connectivity index (χ1n) is 37.6. The minimum atomic E-state index is -6.08. The lowest BCUT2D eigenvalue weighted by Gasteiger charge is -2.29. The number of carbonyl (C=O) groups is 2. The first-order chi connectivity index (χ1) is 61.3. The van der Waals surface area contributed by atoms with Gasteiger partial charge < -0.3 is 97.6 Å². The largest absolute Gasteiger partial charge is 0.532 e. The predicted molar refractivity (Wildman–Crippen MR) is 505 cm³/mol. The van der Waals surface area contributed by atoms with Gasteiger partial charge in [0.2, 0.25) is 27.8 Å². The number of carbonyl (C=O) groups excluding carboxylic acids is 1. The molecule has 0 aromatic rings. The van der Waals surface area contributed by atoms with Gasteiger partial charge in [0.1, 0.15) is 107 Å². The summed E-state index contributed by atoms with van der Waals surface area (Å²) in [4.78, 5) is 56.8. The highest BCUT2D eigenvalue weighted by Crippen LogP contribution is 2.68. The van der Waals surface area contributed by atoms with E-state index in [0.29, 0.717) is 35.9 Å². The number of ether oxygens (including phenoxy) is 7. The second-order valence-electron chi connectivity index (χ2n) is 28.6. The third-order valence-electron chi connectivity index (χ3n) is 15.8. The molecule has 0 spiro atoms. The summed E-state index contributed by atoms with van der Waals surface area (Å²) < 4.78 is 237. The molecule has 7 heterocycles. The number of carboxylic acid groups (broad SMARTS) is 1. The van der Waals surface area contributed by atoms with Gasteiger partial charge in [0.15, 0.2) is 24.4 Å². The Morgan fingerprint density at radius 2 is 0.701 bits per heavy atom. The van der Waals surface area contributed by atoms with Crippen molar-refractivity contribution in [2.45, 2.75) is 225 Å². The SMILES string of the molecule is CCN(CC)S(F)(F)F.CN(C)O.[B][C@H]1CC(C)[C@@H](C(=O)O)O1.[B][C@H]1CC(C)[C@@H](C(=O)OP(=O)(OCC(Cl)(Cl)Cl)OCC(Cl)(Cl)Cl)O1.[B][C@H]1CC(C)[C@@H](C(=S)OP(=O)(OCC(Cl)(Cl)Cl)OCC(Cl)(Cl)Cl)O1.[B][C@H]1CC(C)[C@@H](CO)O1.[B][C@H]1CC(O)[C@@H](C(F)(F)OP(=O)(O)OP(=O)(O)OP(=O)(O)O)O1.[B][C@H]1CC(O)[C@@H](C(F)(F)OP(=O)(OCC(Cl)(Cl)Cl)OCC(Cl)(Cl)Cl)O1.[B][C@H]1CC(O)[C@@H](CO)O1. The number of aliphatic hydroxyl groups excluding tert-OH is 5. The Labute approximate surface area is 889 Å². The van der Waals surface area contributed by atoms with Crippen molar-refractivity contribution in [3.8, 4) is 0 Å². The van der Waals surface area contributed by atoms with Crippen molar-refractivity contribution in [1.29, 1.82) is 0 Å². The Hall–Kier alpha value is 4.58. The maximum Gasteiger partial charge on any atom is 0.532 e. The minimum absolute atomic E-state index is 0.0278. The van der Waals surface area contributed by atoms with E-state index >= 15 is 0 Å². The smallest absolute Gasteiger partial charge is 0.479 e. The molecule has 9 unspecified atom stereocenters. The lowest BCUT2D eigenvalue weighted by atomic mass is 9.92. The summed E-state index contributed by atoms with van der Waals surface area (Å²) in [5, 5.41) is 62.2. The summed E-state index contributed by atoms with van der Waals surface area (Å²) in [7, 11) is 9.23. The fourth-order valence-electron chi connectivity index (χ4n) is 10.3. The van der Waals surface area contributed by atoms with Gasteiger partial charge in [0.25, 0.3) is 11.4 Å². The number of carboxylic acids is 1. The number of aliphatic hydroxyl groups is 5. The first-order valence-corrected chi connectivity index (χ1v) is 55.0. The van der Waals surface area contributed by atoms with Gasteiger partial charge in [0.05, 0.1) is 37.6 Å². The minimum Gasteiger partial charge on any atom is -0.479 e. The summed E-state index contributed by atoms with van der Waals surface area (Å²) in [5.74, 6) is -1.84. The van der Waals surface area contributed by atoms with E-state index in [1.54, 1.807) is 21.0 Å². The van der Waals surface area contributed by atoms with E-state index in [9.17, 15) is 76.4 Å². The number of hydroxylamine groups is 2. The molecule has 7 aliphatic heterocycles. The zero-order valence-corrected chi connectivity index (χ0v) is 92.1. The molecule has 0 amide bonds. The average molecular weight is 2510 g/mol. The average Bonchev–Trinajstić information content (AvgIpc) is 1.74. The zero-order chi connectivity index (χ0) is 108. The number of phosphoric ester groups is 4. The summed E-state index contributed by atoms with van der Waals surface area (Å²) in [6.45, 7) is 5.91. The highest BCUT2D eigenvalue weighted by Gasteiger charge is 2.59. The van der Waals surface area contributed by atoms with Gasteiger partial charge in [-0.25, -0.2) is 46.0 Å². The number of phosphoric acid groups is 6. The molecule has 14 radical (unpaired) electrons. The zero-order valence-electron chi connectivity index (χ0n) is 71.5. The Kier molecular flexibility index (Phi) is 66.0. The molecule has 80 heteroatoms. The summed E-state index contributed by atoms with van der Waals surface area (Å²) in [5.41, 5.74) is 0. The fourth-order valence-corrected chi connectivity index (χ4v) is 20.5. The van der Waals surface area contributed by atoms with Crippen molar-refractivity contribution in [2.24, 2.45) is 23.7 Å². The second-order valence-corrected chi connectivity index (χ2v) is 54.5. The van der Waals surface area contributed by atoms with E-state index in [2.05, 4.69) is 36.2 Å². The fraction of sp³-hybridized carbons (Fsp3) is 0.947. The van der Waals surface area contributed by atoms with Crippen LogP contribution >= 0.6 is 279 Å². The monoisotopic (exact) mass is 2500 g/mol. The number of hydrogen-bond acceptors (Lipinski definition) is 36. The van der Waals surface area contributed by atoms with Gasteiger partial charge >= 0.3 is 71.1 Å². The van der Waals surface area contributed by atoms with Crippen molar-refractivity contribution in [1.82, 2.24) is 9.37 Å². The molecule has 11 N–H and O–H groups in total. The van der Waals surface area contributed by atoms with Gasteiger partial charge in [-0.1, -0.05) is 250 Å². The summed E-state index contributed by atoms with van der Waals surface area (Å²) >= 11 is 98.9. The quantitative estimate of drug-likeness (QED) is 0.00744. The molecule has 7 saturated heterocycles. The standard InChI is InChI=1S/C10H12BCl6O6P.C10H12BCl6O5PS.C9H10BCl6F2O6P.C6H9BO3.C6H11BO2.C5H10BF2O12P3.C5H9BO3.C4H10F3NS.C2H7NO/c1-5-2-6(11)22-7(5)8(18)23-24(19,20-3-9(12,13)14)21-4-10(15,16)17;1-5-2-6(11)21-7(5)8(24)22-23(18,19-3-9(12,13)14)20-4-10(15,16)17;10-5-1-4(19)6(23-5)9(17,18)24-25(20,21-2-7(11,12)13)22-3-8(14,15)16;1-3-2-4(7)10-5(3)6(8)9;1-4-2-6(7)9-5(4)3-8;6-3-1-2(9)4(17-3)5(7,8)18-22(13,14)20-23(15,16)19-21(10,11)12;6-5-1-3(8)4(2-7)9-5;1-3-8(4-2)9(5,6)7;1-3(2)4/h2*5-7H,2-4H2,1H3;4-6,19H,1-3H2;3-5H,2H2,1H3,(H,8,9);4-6,8H,2-3H2,1H3;2-4,9H,1H2,(H,13,14)(H,15,16)(H2,10,11,12);3-5,7-8H,1-2H2;3-4H2,1-2H3;4H,1-2H3/t2*5?,6-,7+;4?,5-,6+;3?,4-,5+;4?,5-,6-;2?,3-,4+;3?,4-,5-;;/m1111111../s1. The van der Waals surface area contributed by atoms with Crippen LogP contribution in [-0.2, 0) is 124 Å². The molecule has 0 saturated carbocycles. The molecule has 0 aromatic heterocycles. The molecule has 7 rings (SSSR count). The van der Waals surface area contributed by atoms with E-state index in [1.807, 2.05) is 20.8 Å². The molecule has 794 valence electrons. The Morgan fingerprint density at radius 3 is 0.927 bits per heavy atom. The van der Waals surface area contributed by atoms with Crippen LogP contribution in [0.25, 0.3) is 0 Å². The van der Waals surface area contributed by atoms with Crippen LogP contribution in [0.5, 0.6) is 0 Å². The molecule has 7 aliphatic rings. The Bertz CT molecular complexity index is 3730. The van der Waals surface area contributed by atoms with Crippen LogP contribution in [0.15, 0.2) is 0 Å². The van der Waals surface area contributed by atoms with Crippen LogP contribution in [0.3, 0.4) is 0 Å². The molecule has 0 bridgehead atoms. The van der Waals surface area contributed by atoms with Crippen molar-refractivity contribution in [3.05, 3.63) is 0 Å². The van der Waals surface area contributed by atoms with E-state index in [1.165, 1.54) is 13.8 Å². The van der Waals surface area contributed by atoms with Crippen molar-refractivity contribution in [2.75, 3.05) is 80.0 Å². The third kappa shape index (κ3) is 65.8. The van der Waals surface area contributed by atoms with E-state index in [-0.39, 0.29) is 67.6 Å². The topological polar surface area (TPSA) is 541 Å². The van der Waals surface area contributed by atoms with Crippen LogP contribution in [0.1, 0.15) is 86.5 Å². The number of thiocarbonyl (C=S) groups is 1. The number of aliphatic carboxylic acids is 1. The Balaban J connectivity index is 0. The molecule has 137 heavy (non-hydrogen) atoms. The Morgan fingerprint density at radius 1 is 0.423 bits per heavy atom. The lowest BCUT2D eigenvalue weighted by molar-refractivity contribution is -0.266.